The lowest BCUT2D eigenvalue weighted by Gasteiger charge is -2.00. The highest BCUT2D eigenvalue weighted by Crippen LogP contribution is 2.20. The molecule has 0 amide bonds. The molecule has 0 bridgehead atoms. The fourth-order valence-corrected chi connectivity index (χ4v) is 1.00. The minimum absolute atomic E-state index is 0.770. The Morgan fingerprint density at radius 3 is 2.77 bits per heavy atom. The molecule has 2 N–H and O–H groups in total. The minimum Gasteiger partial charge on any atom is -0.399 e. The van der Waals surface area contributed by atoms with E-state index in [2.05, 4.69) is 11.6 Å². The highest BCUT2D eigenvalue weighted by Gasteiger charge is 1.94. The maximum atomic E-state index is 5.61. The van der Waals surface area contributed by atoms with Gasteiger partial charge in [-0.25, -0.2) is 0 Å². The molecule has 1 rings (SSSR count). The summed E-state index contributed by atoms with van der Waals surface area (Å²) >= 11 is 0. The average molecular weight is 174 g/mol. The van der Waals surface area contributed by atoms with Crippen LogP contribution in [0.4, 0.5) is 11.4 Å². The maximum absolute atomic E-state index is 5.61. The van der Waals surface area contributed by atoms with Gasteiger partial charge in [-0.2, -0.15) is 0 Å². The molecule has 1 aromatic carbocycles. The topological polar surface area (TPSA) is 38.4 Å². The van der Waals surface area contributed by atoms with Gasteiger partial charge in [-0.05, 0) is 43.2 Å². The van der Waals surface area contributed by atoms with Crippen molar-refractivity contribution in [1.29, 1.82) is 0 Å². The Bertz CT molecular complexity index is 351. The number of hydrogen-bond donors (Lipinski definition) is 1. The Kier molecular flexibility index (Phi) is 2.85. The summed E-state index contributed by atoms with van der Waals surface area (Å²) in [6, 6.07) is 5.66. The van der Waals surface area contributed by atoms with Crippen LogP contribution >= 0.6 is 0 Å². The summed E-state index contributed by atoms with van der Waals surface area (Å²) in [4.78, 5) is 4.27. The van der Waals surface area contributed by atoms with Crippen molar-refractivity contribution in [3.05, 3.63) is 35.9 Å². The number of nitrogens with zero attached hydrogens (tertiary/aromatic N) is 1. The first kappa shape index (κ1) is 9.52. The third-order valence-corrected chi connectivity index (χ3v) is 1.64. The van der Waals surface area contributed by atoms with Gasteiger partial charge in [-0.1, -0.05) is 6.58 Å². The quantitative estimate of drug-likeness (QED) is 0.543. The monoisotopic (exact) mass is 174 g/mol. The number of benzene rings is 1. The molecule has 2 nitrogen and oxygen atoms in total. The van der Waals surface area contributed by atoms with Crippen molar-refractivity contribution in [2.45, 2.75) is 13.8 Å². The maximum Gasteiger partial charge on any atom is 0.0660 e. The molecule has 0 saturated carbocycles. The van der Waals surface area contributed by atoms with Crippen molar-refractivity contribution in [3.8, 4) is 0 Å². The van der Waals surface area contributed by atoms with Gasteiger partial charge in [0.1, 0.15) is 0 Å². The van der Waals surface area contributed by atoms with Crippen LogP contribution in [0, 0.1) is 6.92 Å². The fraction of sp³-hybridized carbons (Fsp3) is 0.182. The molecule has 0 atom stereocenters. The van der Waals surface area contributed by atoms with Crippen LogP contribution in [-0.2, 0) is 0 Å². The van der Waals surface area contributed by atoms with Crippen molar-refractivity contribution < 1.29 is 0 Å². The lowest BCUT2D eigenvalue weighted by molar-refractivity contribution is 1.40. The molecule has 2 heteroatoms. The molecule has 0 spiro atoms. The molecule has 68 valence electrons. The molecule has 1 aromatic rings. The molecule has 0 radical (unpaired) electrons. The molecule has 0 saturated heterocycles. The fourth-order valence-electron chi connectivity index (χ4n) is 1.00. The largest absolute Gasteiger partial charge is 0.399 e. The van der Waals surface area contributed by atoms with Crippen LogP contribution in [0.15, 0.2) is 35.3 Å². The Balaban J connectivity index is 2.96. The van der Waals surface area contributed by atoms with Crippen LogP contribution in [0.2, 0.25) is 0 Å². The van der Waals surface area contributed by atoms with Gasteiger partial charge < -0.3 is 5.73 Å². The zero-order valence-corrected chi connectivity index (χ0v) is 8.04. The number of anilines is 1. The van der Waals surface area contributed by atoms with Crippen molar-refractivity contribution >= 4 is 17.6 Å². The third-order valence-electron chi connectivity index (χ3n) is 1.64. The second-order valence-corrected chi connectivity index (χ2v) is 3.15. The predicted octanol–water partition coefficient (Wildman–Crippen LogP) is 2.86. The van der Waals surface area contributed by atoms with Gasteiger partial charge in [-0.15, -0.1) is 0 Å². The smallest absolute Gasteiger partial charge is 0.0660 e. The van der Waals surface area contributed by atoms with Gasteiger partial charge in [-0.3, -0.25) is 4.99 Å². The molecule has 0 aliphatic heterocycles. The first-order chi connectivity index (χ1) is 6.09. The number of allylic oxidation sites excluding steroid dienone is 1. The first-order valence-corrected chi connectivity index (χ1v) is 4.15. The van der Waals surface area contributed by atoms with E-state index in [1.165, 1.54) is 0 Å². The van der Waals surface area contributed by atoms with Crippen LogP contribution in [0.5, 0.6) is 0 Å². The lowest BCUT2D eigenvalue weighted by Crippen LogP contribution is -1.85. The minimum atomic E-state index is 0.770. The van der Waals surface area contributed by atoms with E-state index in [4.69, 9.17) is 5.73 Å². The van der Waals surface area contributed by atoms with E-state index < -0.39 is 0 Å². The van der Waals surface area contributed by atoms with Crippen molar-refractivity contribution in [2.75, 3.05) is 5.73 Å². The predicted molar refractivity (Wildman–Crippen MR) is 58.6 cm³/mol. The van der Waals surface area contributed by atoms with Crippen LogP contribution < -0.4 is 5.73 Å². The standard InChI is InChI=1S/C11H14N2/c1-8(2)7-13-11-5-4-10(12)6-9(11)3/h4-7H,1,12H2,2-3H3/b13-7-. The molecule has 0 aliphatic rings. The number of hydrogen-bond acceptors (Lipinski definition) is 2. The van der Waals surface area contributed by atoms with Crippen molar-refractivity contribution in [2.24, 2.45) is 4.99 Å². The molecule has 0 aromatic heterocycles. The van der Waals surface area contributed by atoms with Gasteiger partial charge >= 0.3 is 0 Å². The summed E-state index contributed by atoms with van der Waals surface area (Å²) in [6.45, 7) is 7.64. The number of aliphatic imine (C=N–C) groups is 1. The second kappa shape index (κ2) is 3.90. The first-order valence-electron chi connectivity index (χ1n) is 4.15. The zero-order valence-electron chi connectivity index (χ0n) is 8.04. The number of rotatable bonds is 2. The van der Waals surface area contributed by atoms with E-state index in [9.17, 15) is 0 Å². The molecule has 13 heavy (non-hydrogen) atoms. The summed E-state index contributed by atoms with van der Waals surface area (Å²) < 4.78 is 0. The number of nitrogens with two attached hydrogens (primary N) is 1. The van der Waals surface area contributed by atoms with Gasteiger partial charge in [0.15, 0.2) is 0 Å². The van der Waals surface area contributed by atoms with Crippen molar-refractivity contribution in [3.63, 3.8) is 0 Å². The Hall–Kier alpha value is -1.57. The van der Waals surface area contributed by atoms with E-state index in [1.54, 1.807) is 6.21 Å². The summed E-state index contributed by atoms with van der Waals surface area (Å²) in [5, 5.41) is 0. The lowest BCUT2D eigenvalue weighted by atomic mass is 10.2. The molecule has 0 unspecified atom stereocenters. The second-order valence-electron chi connectivity index (χ2n) is 3.15. The van der Waals surface area contributed by atoms with Crippen LogP contribution in [-0.4, -0.2) is 6.21 Å². The van der Waals surface area contributed by atoms with E-state index in [-0.39, 0.29) is 0 Å². The molecule has 0 aliphatic carbocycles. The van der Waals surface area contributed by atoms with E-state index >= 15 is 0 Å². The summed E-state index contributed by atoms with van der Waals surface area (Å²) in [7, 11) is 0. The summed E-state index contributed by atoms with van der Waals surface area (Å²) in [5.74, 6) is 0. The van der Waals surface area contributed by atoms with E-state index in [1.807, 2.05) is 32.0 Å². The molecule has 0 fully saturated rings. The van der Waals surface area contributed by atoms with E-state index in [0.717, 1.165) is 22.5 Å². The van der Waals surface area contributed by atoms with Gasteiger partial charge in [0.2, 0.25) is 0 Å². The van der Waals surface area contributed by atoms with Gasteiger partial charge in [0, 0.05) is 11.9 Å². The highest BCUT2D eigenvalue weighted by atomic mass is 14.7. The SMILES string of the molecule is C=C(C)/C=N\c1ccc(N)cc1C. The van der Waals surface area contributed by atoms with Crippen LogP contribution in [0.1, 0.15) is 12.5 Å². The third kappa shape index (κ3) is 2.75. The molecular weight excluding hydrogens is 160 g/mol. The molecule has 0 heterocycles. The zero-order chi connectivity index (χ0) is 9.84. The number of aryl methyl sites for hydroxylation is 1. The van der Waals surface area contributed by atoms with E-state index in [0.29, 0.717) is 0 Å². The average Bonchev–Trinajstić information content (AvgIpc) is 2.02. The Morgan fingerprint density at radius 1 is 1.54 bits per heavy atom. The number of nitrogen functional groups attached to an aromatic ring is 1. The Labute approximate surface area is 78.8 Å². The van der Waals surface area contributed by atoms with Crippen LogP contribution in [0.3, 0.4) is 0 Å². The summed E-state index contributed by atoms with van der Waals surface area (Å²) in [6.07, 6.45) is 1.75. The van der Waals surface area contributed by atoms with Gasteiger partial charge in [0.05, 0.1) is 5.69 Å². The highest BCUT2D eigenvalue weighted by molar-refractivity contribution is 5.80. The molecular formula is C11H14N2. The van der Waals surface area contributed by atoms with Crippen LogP contribution in [0.25, 0.3) is 0 Å². The normalized spacial score (nSPS) is 10.6. The van der Waals surface area contributed by atoms with Crippen molar-refractivity contribution in [1.82, 2.24) is 0 Å². The Morgan fingerprint density at radius 2 is 2.23 bits per heavy atom. The summed E-state index contributed by atoms with van der Waals surface area (Å²) in [5.41, 5.74) is 9.35. The van der Waals surface area contributed by atoms with Gasteiger partial charge in [0.25, 0.3) is 0 Å².